The molecule has 96 valence electrons. The minimum atomic E-state index is -0.512. The number of nitrogens with two attached hydrogens (primary N) is 1. The van der Waals surface area contributed by atoms with E-state index in [1.807, 2.05) is 0 Å². The van der Waals surface area contributed by atoms with Crippen LogP contribution in [0.25, 0.3) is 0 Å². The zero-order valence-electron chi connectivity index (χ0n) is 9.82. The van der Waals surface area contributed by atoms with Gasteiger partial charge in [0.1, 0.15) is 0 Å². The van der Waals surface area contributed by atoms with Crippen LogP contribution in [0.15, 0.2) is 0 Å². The van der Waals surface area contributed by atoms with Crippen molar-refractivity contribution < 1.29 is 9.59 Å². The first-order chi connectivity index (χ1) is 8.04. The molecule has 1 aliphatic carbocycles. The van der Waals surface area contributed by atoms with Crippen molar-refractivity contribution in [2.24, 2.45) is 11.7 Å². The van der Waals surface area contributed by atoms with Crippen LogP contribution in [0.1, 0.15) is 26.2 Å². The van der Waals surface area contributed by atoms with Crippen LogP contribution in [-0.4, -0.2) is 30.4 Å². The summed E-state index contributed by atoms with van der Waals surface area (Å²) < 4.78 is 0. The van der Waals surface area contributed by atoms with Gasteiger partial charge < -0.3 is 16.4 Å². The summed E-state index contributed by atoms with van der Waals surface area (Å²) in [6, 6.07) is -0.571. The van der Waals surface area contributed by atoms with E-state index >= 15 is 0 Å². The van der Waals surface area contributed by atoms with E-state index in [0.717, 1.165) is 19.3 Å². The number of carbonyl (C=O) groups excluding carboxylic acids is 2. The topological polar surface area (TPSA) is 108 Å². The zero-order chi connectivity index (χ0) is 12.4. The standard InChI is InChI=1S/C10H19N5O2/c1-5-2-3-6(4-7(5)11)12-8-13-9(16)15-10(17)14-8/h5-8,12H,2-4,11H2,1H3,(H3,13,14,15,16,17). The summed E-state index contributed by atoms with van der Waals surface area (Å²) in [5, 5.41) is 10.5. The SMILES string of the molecule is CC1CCC(NC2NC(=O)NC(=O)N2)CC1N. The molecule has 0 aromatic carbocycles. The van der Waals surface area contributed by atoms with E-state index in [1.54, 1.807) is 0 Å². The third-order valence-electron chi connectivity index (χ3n) is 3.44. The maximum absolute atomic E-state index is 11.1. The predicted octanol–water partition coefficient (Wildman–Crippen LogP) is -0.602. The Bertz CT molecular complexity index is 306. The number of rotatable bonds is 2. The summed E-state index contributed by atoms with van der Waals surface area (Å²) in [6.45, 7) is 2.15. The van der Waals surface area contributed by atoms with Gasteiger partial charge in [0.25, 0.3) is 0 Å². The Hall–Kier alpha value is -1.34. The molecule has 3 atom stereocenters. The molecule has 2 fully saturated rings. The molecule has 4 amide bonds. The van der Waals surface area contributed by atoms with E-state index in [-0.39, 0.29) is 12.1 Å². The fraction of sp³-hybridized carbons (Fsp3) is 0.800. The molecule has 1 aliphatic heterocycles. The number of imide groups is 1. The van der Waals surface area contributed by atoms with Crippen LogP contribution in [0.5, 0.6) is 0 Å². The minimum absolute atomic E-state index is 0.175. The van der Waals surface area contributed by atoms with Crippen molar-refractivity contribution in [1.82, 2.24) is 21.3 Å². The van der Waals surface area contributed by atoms with Crippen molar-refractivity contribution in [3.05, 3.63) is 0 Å². The van der Waals surface area contributed by atoms with Crippen molar-refractivity contribution in [3.63, 3.8) is 0 Å². The van der Waals surface area contributed by atoms with Crippen molar-refractivity contribution in [3.8, 4) is 0 Å². The Kier molecular flexibility index (Phi) is 3.49. The van der Waals surface area contributed by atoms with Crippen molar-refractivity contribution in [1.29, 1.82) is 0 Å². The molecule has 1 saturated carbocycles. The molecule has 7 nitrogen and oxygen atoms in total. The second-order valence-corrected chi connectivity index (χ2v) is 4.82. The van der Waals surface area contributed by atoms with Gasteiger partial charge in [0, 0.05) is 12.1 Å². The molecule has 2 rings (SSSR count). The maximum atomic E-state index is 11.1. The molecule has 0 bridgehead atoms. The van der Waals surface area contributed by atoms with Crippen molar-refractivity contribution >= 4 is 12.1 Å². The largest absolute Gasteiger partial charge is 0.327 e. The fourth-order valence-electron chi connectivity index (χ4n) is 2.30. The normalized spacial score (nSPS) is 34.8. The lowest BCUT2D eigenvalue weighted by Crippen LogP contribution is -2.68. The molecule has 1 saturated heterocycles. The van der Waals surface area contributed by atoms with Gasteiger partial charge in [-0.1, -0.05) is 6.92 Å². The summed E-state index contributed by atoms with van der Waals surface area (Å²) in [7, 11) is 0. The zero-order valence-corrected chi connectivity index (χ0v) is 9.82. The molecule has 6 N–H and O–H groups in total. The molecule has 0 aromatic heterocycles. The second kappa shape index (κ2) is 4.89. The van der Waals surface area contributed by atoms with Gasteiger partial charge in [-0.25, -0.2) is 9.59 Å². The summed E-state index contributed by atoms with van der Waals surface area (Å²) in [6.07, 6.45) is 2.41. The monoisotopic (exact) mass is 241 g/mol. The lowest BCUT2D eigenvalue weighted by Gasteiger charge is -2.36. The van der Waals surface area contributed by atoms with E-state index in [4.69, 9.17) is 5.73 Å². The highest BCUT2D eigenvalue weighted by atomic mass is 16.2. The molecule has 17 heavy (non-hydrogen) atoms. The van der Waals surface area contributed by atoms with Crippen LogP contribution in [-0.2, 0) is 0 Å². The van der Waals surface area contributed by atoms with Crippen LogP contribution >= 0.6 is 0 Å². The first kappa shape index (κ1) is 12.1. The smallest absolute Gasteiger partial charge is 0.325 e. The van der Waals surface area contributed by atoms with Crippen LogP contribution in [0.2, 0.25) is 0 Å². The third-order valence-corrected chi connectivity index (χ3v) is 3.44. The van der Waals surface area contributed by atoms with Gasteiger partial charge in [0.05, 0.1) is 0 Å². The molecule has 0 spiro atoms. The van der Waals surface area contributed by atoms with Gasteiger partial charge in [0.15, 0.2) is 6.29 Å². The van der Waals surface area contributed by atoms with E-state index in [1.165, 1.54) is 0 Å². The first-order valence-corrected chi connectivity index (χ1v) is 5.94. The number of hydrogen-bond acceptors (Lipinski definition) is 4. The van der Waals surface area contributed by atoms with Crippen LogP contribution in [0.4, 0.5) is 9.59 Å². The summed E-state index contributed by atoms with van der Waals surface area (Å²) in [5.41, 5.74) is 6.00. The van der Waals surface area contributed by atoms with E-state index < -0.39 is 18.4 Å². The Morgan fingerprint density at radius 2 is 1.88 bits per heavy atom. The second-order valence-electron chi connectivity index (χ2n) is 4.82. The highest BCUT2D eigenvalue weighted by Gasteiger charge is 2.29. The Morgan fingerprint density at radius 3 is 2.47 bits per heavy atom. The van der Waals surface area contributed by atoms with Crippen LogP contribution < -0.4 is 27.0 Å². The molecule has 2 aliphatic rings. The molecule has 0 aromatic rings. The highest BCUT2D eigenvalue weighted by molar-refractivity contribution is 5.95. The molecule has 7 heteroatoms. The number of carbonyl (C=O) groups is 2. The Morgan fingerprint density at radius 1 is 1.24 bits per heavy atom. The first-order valence-electron chi connectivity index (χ1n) is 5.94. The summed E-state index contributed by atoms with van der Waals surface area (Å²) in [4.78, 5) is 22.2. The molecular weight excluding hydrogens is 222 g/mol. The third kappa shape index (κ3) is 3.07. The maximum Gasteiger partial charge on any atom is 0.325 e. The van der Waals surface area contributed by atoms with Crippen LogP contribution in [0, 0.1) is 5.92 Å². The average Bonchev–Trinajstić information content (AvgIpc) is 2.22. The van der Waals surface area contributed by atoms with Crippen LogP contribution in [0.3, 0.4) is 0 Å². The van der Waals surface area contributed by atoms with Gasteiger partial charge in [-0.15, -0.1) is 0 Å². The van der Waals surface area contributed by atoms with Gasteiger partial charge in [-0.3, -0.25) is 10.6 Å². The number of hydrogen-bond donors (Lipinski definition) is 5. The van der Waals surface area contributed by atoms with Gasteiger partial charge in [0.2, 0.25) is 0 Å². The summed E-state index contributed by atoms with van der Waals surface area (Å²) in [5.74, 6) is 0.533. The molecule has 0 radical (unpaired) electrons. The van der Waals surface area contributed by atoms with Crippen molar-refractivity contribution in [2.75, 3.05) is 0 Å². The predicted molar refractivity (Wildman–Crippen MR) is 61.9 cm³/mol. The number of amides is 4. The molecular formula is C10H19N5O2. The highest BCUT2D eigenvalue weighted by Crippen LogP contribution is 2.22. The van der Waals surface area contributed by atoms with Gasteiger partial charge in [-0.05, 0) is 25.2 Å². The Labute approximate surface area is 99.9 Å². The molecule has 3 unspecified atom stereocenters. The lowest BCUT2D eigenvalue weighted by atomic mass is 9.83. The Balaban J connectivity index is 1.84. The lowest BCUT2D eigenvalue weighted by molar-refractivity contribution is 0.189. The summed E-state index contributed by atoms with van der Waals surface area (Å²) >= 11 is 0. The minimum Gasteiger partial charge on any atom is -0.327 e. The van der Waals surface area contributed by atoms with Gasteiger partial charge in [-0.2, -0.15) is 0 Å². The van der Waals surface area contributed by atoms with E-state index in [0.29, 0.717) is 5.92 Å². The fourth-order valence-corrected chi connectivity index (χ4v) is 2.30. The molecule has 1 heterocycles. The van der Waals surface area contributed by atoms with Gasteiger partial charge >= 0.3 is 12.1 Å². The number of urea groups is 2. The van der Waals surface area contributed by atoms with Crippen molar-refractivity contribution in [2.45, 2.75) is 44.6 Å². The number of nitrogens with one attached hydrogen (secondary N) is 4. The quantitative estimate of drug-likeness (QED) is 0.445. The van der Waals surface area contributed by atoms with E-state index in [2.05, 4.69) is 28.2 Å². The average molecular weight is 241 g/mol. The van der Waals surface area contributed by atoms with E-state index in [9.17, 15) is 9.59 Å².